The lowest BCUT2D eigenvalue weighted by Crippen LogP contribution is -2.22. The molecule has 0 atom stereocenters. The number of hydrogen-bond donors (Lipinski definition) is 1. The van der Waals surface area contributed by atoms with Crippen molar-refractivity contribution in [3.8, 4) is 17.2 Å². The summed E-state index contributed by atoms with van der Waals surface area (Å²) in [5.74, 6) is 2.55. The van der Waals surface area contributed by atoms with E-state index >= 15 is 0 Å². The fourth-order valence-corrected chi connectivity index (χ4v) is 2.81. The molecule has 0 aliphatic heterocycles. The van der Waals surface area contributed by atoms with E-state index in [1.54, 1.807) is 32.4 Å². The van der Waals surface area contributed by atoms with Crippen LogP contribution in [0.15, 0.2) is 59.0 Å². The zero-order valence-corrected chi connectivity index (χ0v) is 16.9. The van der Waals surface area contributed by atoms with E-state index in [0.29, 0.717) is 23.8 Å². The third-order valence-corrected chi connectivity index (χ3v) is 4.50. The normalized spacial score (nSPS) is 10.4. The highest BCUT2D eigenvalue weighted by atomic mass is 16.5. The van der Waals surface area contributed by atoms with E-state index in [1.165, 1.54) is 5.56 Å². The second-order valence-corrected chi connectivity index (χ2v) is 6.42. The van der Waals surface area contributed by atoms with Gasteiger partial charge in [-0.1, -0.05) is 25.1 Å². The maximum Gasteiger partial charge on any atom is 0.287 e. The van der Waals surface area contributed by atoms with Crippen molar-refractivity contribution in [2.24, 2.45) is 0 Å². The first kappa shape index (κ1) is 20.3. The van der Waals surface area contributed by atoms with Gasteiger partial charge in [-0.2, -0.15) is 0 Å². The Labute approximate surface area is 170 Å². The smallest absolute Gasteiger partial charge is 0.287 e. The highest BCUT2D eigenvalue weighted by Gasteiger charge is 2.12. The molecule has 152 valence electrons. The van der Waals surface area contributed by atoms with Crippen molar-refractivity contribution in [2.45, 2.75) is 26.5 Å². The Morgan fingerprint density at radius 3 is 2.34 bits per heavy atom. The minimum absolute atomic E-state index is 0.241. The van der Waals surface area contributed by atoms with Gasteiger partial charge in [0.2, 0.25) is 0 Å². The summed E-state index contributed by atoms with van der Waals surface area (Å²) in [7, 11) is 3.16. The van der Waals surface area contributed by atoms with E-state index in [4.69, 9.17) is 18.6 Å². The minimum atomic E-state index is -0.293. The Morgan fingerprint density at radius 2 is 1.66 bits per heavy atom. The fourth-order valence-electron chi connectivity index (χ4n) is 2.81. The largest absolute Gasteiger partial charge is 0.493 e. The molecule has 29 heavy (non-hydrogen) atoms. The SMILES string of the molecule is CCc1ccc(OCc2ccc(C(=O)NCc3ccc(OC)c(OC)c3)o2)cc1. The zero-order chi connectivity index (χ0) is 20.6. The molecule has 1 N–H and O–H groups in total. The lowest BCUT2D eigenvalue weighted by molar-refractivity contribution is 0.0919. The molecule has 0 unspecified atom stereocenters. The van der Waals surface area contributed by atoms with Gasteiger partial charge in [0, 0.05) is 6.54 Å². The summed E-state index contributed by atoms with van der Waals surface area (Å²) in [5.41, 5.74) is 2.14. The van der Waals surface area contributed by atoms with E-state index in [-0.39, 0.29) is 18.3 Å². The standard InChI is InChI=1S/C23H25NO5/c1-4-16-5-8-18(9-6-16)28-15-19-10-12-21(29-19)23(25)24-14-17-7-11-20(26-2)22(13-17)27-3/h5-13H,4,14-15H2,1-3H3,(H,24,25). The van der Waals surface area contributed by atoms with Crippen LogP contribution in [0.1, 0.15) is 34.4 Å². The second-order valence-electron chi connectivity index (χ2n) is 6.42. The van der Waals surface area contributed by atoms with Gasteiger partial charge < -0.3 is 23.9 Å². The average molecular weight is 395 g/mol. The van der Waals surface area contributed by atoms with Gasteiger partial charge in [0.05, 0.1) is 14.2 Å². The molecule has 6 nitrogen and oxygen atoms in total. The van der Waals surface area contributed by atoms with Crippen LogP contribution in [0.4, 0.5) is 0 Å². The van der Waals surface area contributed by atoms with Crippen LogP contribution in [0.5, 0.6) is 17.2 Å². The Balaban J connectivity index is 1.53. The molecular formula is C23H25NO5. The summed E-state index contributed by atoms with van der Waals surface area (Å²) in [4.78, 5) is 12.4. The van der Waals surface area contributed by atoms with Crippen LogP contribution in [-0.2, 0) is 19.6 Å². The van der Waals surface area contributed by atoms with Crippen molar-refractivity contribution < 1.29 is 23.4 Å². The van der Waals surface area contributed by atoms with Gasteiger partial charge in [-0.3, -0.25) is 4.79 Å². The monoisotopic (exact) mass is 395 g/mol. The van der Waals surface area contributed by atoms with Gasteiger partial charge in [0.25, 0.3) is 5.91 Å². The number of amides is 1. The molecule has 0 fully saturated rings. The van der Waals surface area contributed by atoms with E-state index in [2.05, 4.69) is 12.2 Å². The van der Waals surface area contributed by atoms with Crippen molar-refractivity contribution in [1.29, 1.82) is 0 Å². The summed E-state index contributed by atoms with van der Waals surface area (Å²) < 4.78 is 21.8. The van der Waals surface area contributed by atoms with Gasteiger partial charge in [-0.25, -0.2) is 0 Å². The molecule has 6 heteroatoms. The van der Waals surface area contributed by atoms with Gasteiger partial charge >= 0.3 is 0 Å². The summed E-state index contributed by atoms with van der Waals surface area (Å²) in [6.45, 7) is 2.71. The fraction of sp³-hybridized carbons (Fsp3) is 0.261. The van der Waals surface area contributed by atoms with Crippen molar-refractivity contribution >= 4 is 5.91 Å². The molecule has 2 aromatic carbocycles. The molecule has 3 aromatic rings. The maximum atomic E-state index is 12.4. The molecule has 0 saturated heterocycles. The third-order valence-electron chi connectivity index (χ3n) is 4.50. The lowest BCUT2D eigenvalue weighted by atomic mass is 10.2. The lowest BCUT2D eigenvalue weighted by Gasteiger charge is -2.10. The van der Waals surface area contributed by atoms with Gasteiger partial charge in [0.15, 0.2) is 17.3 Å². The van der Waals surface area contributed by atoms with Gasteiger partial charge in [-0.15, -0.1) is 0 Å². The number of benzene rings is 2. The number of hydrogen-bond acceptors (Lipinski definition) is 5. The number of furan rings is 1. The minimum Gasteiger partial charge on any atom is -0.493 e. The van der Waals surface area contributed by atoms with E-state index < -0.39 is 0 Å². The van der Waals surface area contributed by atoms with Crippen LogP contribution >= 0.6 is 0 Å². The van der Waals surface area contributed by atoms with Crippen LogP contribution in [0, 0.1) is 0 Å². The Hall–Kier alpha value is -3.41. The molecule has 0 radical (unpaired) electrons. The van der Waals surface area contributed by atoms with E-state index in [0.717, 1.165) is 17.7 Å². The molecule has 3 rings (SSSR count). The van der Waals surface area contributed by atoms with Gasteiger partial charge in [-0.05, 0) is 53.9 Å². The molecular weight excluding hydrogens is 370 g/mol. The molecule has 0 aliphatic rings. The third kappa shape index (κ3) is 5.31. The first-order valence-corrected chi connectivity index (χ1v) is 9.42. The number of carbonyl (C=O) groups excluding carboxylic acids is 1. The Bertz CT molecular complexity index is 946. The molecule has 0 aliphatic carbocycles. The molecule has 0 bridgehead atoms. The second kappa shape index (κ2) is 9.68. The van der Waals surface area contributed by atoms with Crippen LogP contribution in [0.25, 0.3) is 0 Å². The maximum absolute atomic E-state index is 12.4. The number of carbonyl (C=O) groups is 1. The predicted octanol–water partition coefficient (Wildman–Crippen LogP) is 4.37. The Kier molecular flexibility index (Phi) is 6.79. The molecule has 0 spiro atoms. The number of methoxy groups -OCH3 is 2. The van der Waals surface area contributed by atoms with Crippen LogP contribution in [0.3, 0.4) is 0 Å². The molecule has 0 saturated carbocycles. The van der Waals surface area contributed by atoms with Crippen LogP contribution in [-0.4, -0.2) is 20.1 Å². The highest BCUT2D eigenvalue weighted by molar-refractivity contribution is 5.91. The summed E-state index contributed by atoms with van der Waals surface area (Å²) in [5, 5.41) is 2.83. The number of nitrogens with one attached hydrogen (secondary N) is 1. The van der Waals surface area contributed by atoms with Crippen molar-refractivity contribution in [2.75, 3.05) is 14.2 Å². The number of ether oxygens (including phenoxy) is 3. The van der Waals surface area contributed by atoms with Crippen molar-refractivity contribution in [3.63, 3.8) is 0 Å². The summed E-state index contributed by atoms with van der Waals surface area (Å²) in [6.07, 6.45) is 0.986. The van der Waals surface area contributed by atoms with Crippen LogP contribution < -0.4 is 19.5 Å². The molecule has 1 aromatic heterocycles. The summed E-state index contributed by atoms with van der Waals surface area (Å²) >= 11 is 0. The van der Waals surface area contributed by atoms with Crippen molar-refractivity contribution in [1.82, 2.24) is 5.32 Å². The van der Waals surface area contributed by atoms with E-state index in [9.17, 15) is 4.79 Å². The quantitative estimate of drug-likeness (QED) is 0.583. The van der Waals surface area contributed by atoms with Crippen LogP contribution in [0.2, 0.25) is 0 Å². The number of rotatable bonds is 9. The Morgan fingerprint density at radius 1 is 0.931 bits per heavy atom. The zero-order valence-electron chi connectivity index (χ0n) is 16.9. The first-order valence-electron chi connectivity index (χ1n) is 9.42. The highest BCUT2D eigenvalue weighted by Crippen LogP contribution is 2.27. The topological polar surface area (TPSA) is 69.9 Å². The predicted molar refractivity (Wildman–Crippen MR) is 110 cm³/mol. The molecule has 1 amide bonds. The van der Waals surface area contributed by atoms with Crippen molar-refractivity contribution in [3.05, 3.63) is 77.2 Å². The molecule has 1 heterocycles. The van der Waals surface area contributed by atoms with Gasteiger partial charge in [0.1, 0.15) is 18.1 Å². The summed E-state index contributed by atoms with van der Waals surface area (Å²) in [6, 6.07) is 16.8. The average Bonchev–Trinajstić information content (AvgIpc) is 3.25. The first-order chi connectivity index (χ1) is 14.1. The van der Waals surface area contributed by atoms with E-state index in [1.807, 2.05) is 36.4 Å². The number of aryl methyl sites for hydroxylation is 1.